The van der Waals surface area contributed by atoms with Gasteiger partial charge in [0.05, 0.1) is 6.33 Å². The van der Waals surface area contributed by atoms with Gasteiger partial charge in [-0.05, 0) is 44.0 Å². The van der Waals surface area contributed by atoms with Crippen LogP contribution in [0.4, 0.5) is 4.39 Å². The fourth-order valence-corrected chi connectivity index (χ4v) is 2.53. The number of amides is 2. The molecular weight excluding hydrogens is 313 g/mol. The molecule has 1 aromatic rings. The Labute approximate surface area is 140 Å². The highest BCUT2D eigenvalue weighted by molar-refractivity contribution is 6.00. The average molecular weight is 335 g/mol. The summed E-state index contributed by atoms with van der Waals surface area (Å²) in [6.45, 7) is 3.79. The molecule has 0 aromatic heterocycles. The lowest BCUT2D eigenvalue weighted by molar-refractivity contribution is -0.127. The summed E-state index contributed by atoms with van der Waals surface area (Å²) < 4.78 is 18.0. The minimum absolute atomic E-state index is 0.0561. The first-order valence-electron chi connectivity index (χ1n) is 7.67. The number of fused-ring (bicyclic) bond motifs is 1. The zero-order valence-electron chi connectivity index (χ0n) is 13.8. The number of hydrogen-bond donors (Lipinski definition) is 2. The van der Waals surface area contributed by atoms with Crippen LogP contribution in [0, 0.1) is 0 Å². The number of halogens is 1. The van der Waals surface area contributed by atoms with Crippen molar-refractivity contribution in [2.45, 2.75) is 25.8 Å². The number of ether oxygens (including phenoxy) is 1. The molecule has 0 radical (unpaired) electrons. The van der Waals surface area contributed by atoms with Crippen molar-refractivity contribution in [1.29, 1.82) is 0 Å². The molecule has 2 rings (SSSR count). The van der Waals surface area contributed by atoms with E-state index in [-0.39, 0.29) is 19.1 Å². The quantitative estimate of drug-likeness (QED) is 0.814. The zero-order chi connectivity index (χ0) is 17.9. The lowest BCUT2D eigenvalue weighted by Gasteiger charge is -2.39. The number of rotatable bonds is 6. The Balaban J connectivity index is 2.19. The van der Waals surface area contributed by atoms with Gasteiger partial charge in [0.25, 0.3) is 5.91 Å². The summed E-state index contributed by atoms with van der Waals surface area (Å²) in [5.74, 6) is -0.249. The second kappa shape index (κ2) is 7.00. The van der Waals surface area contributed by atoms with Gasteiger partial charge in [-0.25, -0.2) is 4.39 Å². The van der Waals surface area contributed by atoms with Crippen LogP contribution in [0.15, 0.2) is 30.1 Å². The van der Waals surface area contributed by atoms with Crippen LogP contribution in [0.2, 0.25) is 0 Å². The first kappa shape index (κ1) is 17.9. The first-order chi connectivity index (χ1) is 11.3. The second-order valence-corrected chi connectivity index (χ2v) is 6.21. The molecule has 0 bridgehead atoms. The molecule has 0 unspecified atom stereocenters. The Morgan fingerprint density at radius 1 is 1.46 bits per heavy atom. The summed E-state index contributed by atoms with van der Waals surface area (Å²) in [5.41, 5.74) is 11.4. The second-order valence-electron chi connectivity index (χ2n) is 6.21. The fraction of sp³-hybridized carbons (Fsp3) is 0.412. The van der Waals surface area contributed by atoms with E-state index in [9.17, 15) is 14.0 Å². The molecule has 4 N–H and O–H groups in total. The monoisotopic (exact) mass is 335 g/mol. The molecule has 7 heteroatoms. The molecule has 2 amide bonds. The van der Waals surface area contributed by atoms with Crippen LogP contribution in [-0.4, -0.2) is 41.9 Å². The minimum Gasteiger partial charge on any atom is -0.489 e. The lowest BCUT2D eigenvalue weighted by Crippen LogP contribution is -2.57. The van der Waals surface area contributed by atoms with Crippen molar-refractivity contribution in [3.8, 4) is 5.75 Å². The van der Waals surface area contributed by atoms with Crippen molar-refractivity contribution in [3.63, 3.8) is 0 Å². The fourth-order valence-electron chi connectivity index (χ4n) is 2.53. The van der Waals surface area contributed by atoms with E-state index in [1.54, 1.807) is 32.0 Å². The normalized spacial score (nSPS) is 15.2. The number of primary amides is 1. The van der Waals surface area contributed by atoms with Crippen molar-refractivity contribution in [2.75, 3.05) is 19.7 Å². The molecule has 24 heavy (non-hydrogen) atoms. The highest BCUT2D eigenvalue weighted by Crippen LogP contribution is 2.28. The van der Waals surface area contributed by atoms with Gasteiger partial charge in [0, 0.05) is 24.2 Å². The number of benzene rings is 1. The van der Waals surface area contributed by atoms with Crippen LogP contribution in [-0.2, 0) is 11.2 Å². The third-order valence-corrected chi connectivity index (χ3v) is 4.28. The maximum atomic E-state index is 12.6. The number of carbonyl (C=O) groups is 2. The Kier molecular flexibility index (Phi) is 5.23. The van der Waals surface area contributed by atoms with Crippen molar-refractivity contribution >= 4 is 11.8 Å². The predicted molar refractivity (Wildman–Crippen MR) is 88.2 cm³/mol. The van der Waals surface area contributed by atoms with E-state index in [0.29, 0.717) is 36.2 Å². The molecule has 0 fully saturated rings. The SMILES string of the molecule is CC(C)(C(N)=O)N1CCc2cc(OC/C(=C\F)CN)ccc2C1=O. The Morgan fingerprint density at radius 3 is 2.75 bits per heavy atom. The number of nitrogens with zero attached hydrogens (tertiary/aromatic N) is 1. The van der Waals surface area contributed by atoms with Gasteiger partial charge in [-0.15, -0.1) is 0 Å². The zero-order valence-corrected chi connectivity index (χ0v) is 13.8. The number of hydrogen-bond acceptors (Lipinski definition) is 4. The Bertz CT molecular complexity index is 686. The van der Waals surface area contributed by atoms with Crippen LogP contribution >= 0.6 is 0 Å². The molecule has 0 spiro atoms. The average Bonchev–Trinajstić information content (AvgIpc) is 2.55. The molecule has 0 saturated carbocycles. The molecule has 130 valence electrons. The predicted octanol–water partition coefficient (Wildman–Crippen LogP) is 1.14. The molecule has 1 heterocycles. The van der Waals surface area contributed by atoms with Crippen LogP contribution in [0.1, 0.15) is 29.8 Å². The molecule has 0 saturated heterocycles. The summed E-state index contributed by atoms with van der Waals surface area (Å²) in [6, 6.07) is 5.05. The van der Waals surface area contributed by atoms with Crippen LogP contribution < -0.4 is 16.2 Å². The maximum Gasteiger partial charge on any atom is 0.255 e. The van der Waals surface area contributed by atoms with E-state index in [4.69, 9.17) is 16.2 Å². The maximum absolute atomic E-state index is 12.6. The van der Waals surface area contributed by atoms with E-state index < -0.39 is 11.4 Å². The summed E-state index contributed by atoms with van der Waals surface area (Å²) in [7, 11) is 0. The van der Waals surface area contributed by atoms with E-state index in [1.165, 1.54) is 4.90 Å². The summed E-state index contributed by atoms with van der Waals surface area (Å²) in [5, 5.41) is 0. The Morgan fingerprint density at radius 2 is 2.17 bits per heavy atom. The van der Waals surface area contributed by atoms with Crippen molar-refractivity contribution in [3.05, 3.63) is 41.2 Å². The topological polar surface area (TPSA) is 98.7 Å². The molecular formula is C17H22FN3O3. The van der Waals surface area contributed by atoms with E-state index in [1.807, 2.05) is 0 Å². The molecule has 0 aliphatic carbocycles. The smallest absolute Gasteiger partial charge is 0.255 e. The van der Waals surface area contributed by atoms with E-state index >= 15 is 0 Å². The third-order valence-electron chi connectivity index (χ3n) is 4.28. The minimum atomic E-state index is -1.05. The highest BCUT2D eigenvalue weighted by atomic mass is 19.1. The van der Waals surface area contributed by atoms with Crippen LogP contribution in [0.5, 0.6) is 5.75 Å². The van der Waals surface area contributed by atoms with Gasteiger partial charge in [-0.3, -0.25) is 9.59 Å². The summed E-state index contributed by atoms with van der Waals surface area (Å²) in [4.78, 5) is 25.7. The largest absolute Gasteiger partial charge is 0.489 e. The molecule has 1 aliphatic rings. The number of nitrogens with two attached hydrogens (primary N) is 2. The lowest BCUT2D eigenvalue weighted by atomic mass is 9.93. The van der Waals surface area contributed by atoms with Gasteiger partial charge in [-0.2, -0.15) is 0 Å². The van der Waals surface area contributed by atoms with Gasteiger partial charge in [-0.1, -0.05) is 0 Å². The van der Waals surface area contributed by atoms with Crippen LogP contribution in [0.3, 0.4) is 0 Å². The van der Waals surface area contributed by atoms with E-state index in [2.05, 4.69) is 0 Å². The molecule has 1 aromatic carbocycles. The number of carbonyl (C=O) groups excluding carboxylic acids is 2. The standard InChI is InChI=1S/C17H22FN3O3/c1-17(2,16(20)23)21-6-5-12-7-13(3-4-14(12)15(21)22)24-10-11(8-18)9-19/h3-4,7-8H,5-6,9-10,19H2,1-2H3,(H2,20,23)/b11-8-. The van der Waals surface area contributed by atoms with Crippen molar-refractivity contribution in [1.82, 2.24) is 4.90 Å². The highest BCUT2D eigenvalue weighted by Gasteiger charge is 2.39. The van der Waals surface area contributed by atoms with Gasteiger partial charge < -0.3 is 21.1 Å². The molecule has 0 atom stereocenters. The van der Waals surface area contributed by atoms with Gasteiger partial charge in [0.2, 0.25) is 5.91 Å². The van der Waals surface area contributed by atoms with Crippen molar-refractivity contribution < 1.29 is 18.7 Å². The summed E-state index contributed by atoms with van der Waals surface area (Å²) in [6.07, 6.45) is 1.02. The first-order valence-corrected chi connectivity index (χ1v) is 7.67. The Hall–Kier alpha value is -2.41. The van der Waals surface area contributed by atoms with Crippen LogP contribution in [0.25, 0.3) is 0 Å². The van der Waals surface area contributed by atoms with Gasteiger partial charge in [0.1, 0.15) is 17.9 Å². The molecule has 6 nitrogen and oxygen atoms in total. The molecule has 1 aliphatic heterocycles. The third kappa shape index (κ3) is 3.41. The van der Waals surface area contributed by atoms with Gasteiger partial charge >= 0.3 is 0 Å². The summed E-state index contributed by atoms with van der Waals surface area (Å²) >= 11 is 0. The van der Waals surface area contributed by atoms with Crippen molar-refractivity contribution in [2.24, 2.45) is 11.5 Å². The van der Waals surface area contributed by atoms with Gasteiger partial charge in [0.15, 0.2) is 0 Å². The van der Waals surface area contributed by atoms with E-state index in [0.717, 1.165) is 5.56 Å².